The fraction of sp³-hybridized carbons (Fsp3) is 0.415. The molecule has 0 aliphatic carbocycles. The van der Waals surface area contributed by atoms with Crippen LogP contribution in [0.3, 0.4) is 0 Å². The van der Waals surface area contributed by atoms with Crippen molar-refractivity contribution < 1.29 is 37.7 Å². The number of ether oxygens (including phenoxy) is 4. The lowest BCUT2D eigenvalue weighted by molar-refractivity contribution is -0.111. The van der Waals surface area contributed by atoms with Crippen LogP contribution in [0, 0.1) is 0 Å². The second kappa shape index (κ2) is 20.7. The van der Waals surface area contributed by atoms with Crippen LogP contribution in [0.25, 0.3) is 0 Å². The fourth-order valence-electron chi connectivity index (χ4n) is 6.40. The molecule has 4 aromatic rings. The summed E-state index contributed by atoms with van der Waals surface area (Å²) >= 11 is 0. The molecule has 0 spiro atoms. The van der Waals surface area contributed by atoms with Gasteiger partial charge < -0.3 is 38.4 Å². The van der Waals surface area contributed by atoms with E-state index in [1.54, 1.807) is 13.8 Å². The van der Waals surface area contributed by atoms with Gasteiger partial charge in [0.1, 0.15) is 12.2 Å². The molecule has 1 aliphatic heterocycles. The predicted molar refractivity (Wildman–Crippen MR) is 198 cm³/mol. The van der Waals surface area contributed by atoms with Gasteiger partial charge in [0.05, 0.1) is 70.7 Å². The van der Waals surface area contributed by atoms with Crippen LogP contribution in [0.5, 0.6) is 0 Å². The molecule has 1 fully saturated rings. The maximum absolute atomic E-state index is 13.4. The summed E-state index contributed by atoms with van der Waals surface area (Å²) in [5.41, 5.74) is 4.14. The molecule has 4 aromatic carbocycles. The first kappa shape index (κ1) is 39.0. The van der Waals surface area contributed by atoms with Crippen molar-refractivity contribution >= 4 is 7.60 Å². The first-order valence-electron chi connectivity index (χ1n) is 17.9. The molecule has 0 saturated carbocycles. The van der Waals surface area contributed by atoms with E-state index >= 15 is 0 Å². The topological polar surface area (TPSA) is 105 Å². The summed E-state index contributed by atoms with van der Waals surface area (Å²) in [6.45, 7) is 5.74. The van der Waals surface area contributed by atoms with E-state index in [2.05, 4.69) is 5.32 Å². The molecule has 0 unspecified atom stereocenters. The monoisotopic (exact) mass is 717 g/mol. The lowest BCUT2D eigenvalue weighted by atomic mass is 10.00. The Hall–Kier alpha value is -3.21. The third-order valence-electron chi connectivity index (χ3n) is 8.76. The molecule has 0 radical (unpaired) electrons. The van der Waals surface area contributed by atoms with Gasteiger partial charge in [-0.15, -0.1) is 0 Å². The van der Waals surface area contributed by atoms with Crippen LogP contribution < -0.4 is 5.32 Å². The van der Waals surface area contributed by atoms with Gasteiger partial charge in [-0.2, -0.15) is 0 Å². The van der Waals surface area contributed by atoms with E-state index in [0.29, 0.717) is 26.4 Å². The highest BCUT2D eigenvalue weighted by Crippen LogP contribution is 2.49. The van der Waals surface area contributed by atoms with Gasteiger partial charge in [0, 0.05) is 6.04 Å². The van der Waals surface area contributed by atoms with Crippen molar-refractivity contribution in [2.24, 2.45) is 0 Å². The van der Waals surface area contributed by atoms with Crippen LogP contribution in [0.2, 0.25) is 0 Å². The molecule has 5 rings (SSSR count). The number of benzene rings is 4. The zero-order chi connectivity index (χ0) is 35.7. The molecular weight excluding hydrogens is 665 g/mol. The van der Waals surface area contributed by atoms with Crippen molar-refractivity contribution in [3.05, 3.63) is 144 Å². The largest absolute Gasteiger partial charge is 0.392 e. The van der Waals surface area contributed by atoms with E-state index in [9.17, 15) is 9.67 Å². The average Bonchev–Trinajstić information content (AvgIpc) is 3.48. The number of hydrogen-bond acceptors (Lipinski definition) is 9. The second-order valence-electron chi connectivity index (χ2n) is 12.7. The number of aliphatic hydroxyl groups is 1. The van der Waals surface area contributed by atoms with Gasteiger partial charge in [0.15, 0.2) is 0 Å². The Bertz CT molecular complexity index is 1560. The average molecular weight is 718 g/mol. The Morgan fingerprint density at radius 1 is 0.647 bits per heavy atom. The van der Waals surface area contributed by atoms with E-state index in [1.165, 1.54) is 0 Å². The van der Waals surface area contributed by atoms with Gasteiger partial charge in [0.25, 0.3) is 0 Å². The molecule has 0 aromatic heterocycles. The van der Waals surface area contributed by atoms with Crippen molar-refractivity contribution in [3.63, 3.8) is 0 Å². The molecule has 1 heterocycles. The van der Waals surface area contributed by atoms with Crippen molar-refractivity contribution in [1.29, 1.82) is 0 Å². The first-order chi connectivity index (χ1) is 25.0. The van der Waals surface area contributed by atoms with Gasteiger partial charge in [-0.25, -0.2) is 0 Å². The molecule has 0 bridgehead atoms. The Morgan fingerprint density at radius 3 is 1.59 bits per heavy atom. The molecular formula is C41H52NO8P. The molecule has 10 heteroatoms. The Morgan fingerprint density at radius 2 is 1.10 bits per heavy atom. The zero-order valence-electron chi connectivity index (χ0n) is 29.6. The molecule has 0 amide bonds. The van der Waals surface area contributed by atoms with E-state index in [0.717, 1.165) is 22.3 Å². The van der Waals surface area contributed by atoms with Crippen LogP contribution in [-0.2, 0) is 59.0 Å². The highest BCUT2D eigenvalue weighted by Gasteiger charge is 2.49. The van der Waals surface area contributed by atoms with Crippen molar-refractivity contribution in [2.75, 3.05) is 26.0 Å². The van der Waals surface area contributed by atoms with Crippen molar-refractivity contribution in [1.82, 2.24) is 5.32 Å². The normalized spacial score (nSPS) is 20.3. The van der Waals surface area contributed by atoms with E-state index in [-0.39, 0.29) is 44.5 Å². The zero-order valence-corrected chi connectivity index (χ0v) is 30.5. The minimum absolute atomic E-state index is 0.132. The molecule has 2 N–H and O–H groups in total. The third-order valence-corrected chi connectivity index (χ3v) is 10.9. The van der Waals surface area contributed by atoms with Crippen LogP contribution >= 0.6 is 7.60 Å². The SMILES string of the molecule is CCOP(=O)(C[C@@H](O)C[C@@H]1N[C@@H]([C@@H](COCc2ccccc2)OCc2ccccc2)[C@H](OCc2ccccc2)[C@H]1OCc1ccccc1)OCC. The van der Waals surface area contributed by atoms with Gasteiger partial charge in [0.2, 0.25) is 0 Å². The number of aliphatic hydroxyl groups excluding tert-OH is 1. The fourth-order valence-corrected chi connectivity index (χ4v) is 8.13. The van der Waals surface area contributed by atoms with Gasteiger partial charge in [-0.05, 0) is 42.5 Å². The lowest BCUT2D eigenvalue weighted by Gasteiger charge is -2.31. The summed E-state index contributed by atoms with van der Waals surface area (Å²) in [7, 11) is -3.50. The van der Waals surface area contributed by atoms with Crippen LogP contribution in [0.15, 0.2) is 121 Å². The van der Waals surface area contributed by atoms with Crippen LogP contribution in [0.1, 0.15) is 42.5 Å². The van der Waals surface area contributed by atoms with Gasteiger partial charge in [-0.3, -0.25) is 4.57 Å². The number of hydrogen-bond donors (Lipinski definition) is 2. The van der Waals surface area contributed by atoms with Crippen LogP contribution in [0.4, 0.5) is 0 Å². The maximum Gasteiger partial charge on any atom is 0.333 e. The second-order valence-corrected chi connectivity index (χ2v) is 14.8. The van der Waals surface area contributed by atoms with E-state index in [1.807, 2.05) is 121 Å². The number of nitrogens with one attached hydrogen (secondary N) is 1. The van der Waals surface area contributed by atoms with Crippen molar-refractivity contribution in [3.8, 4) is 0 Å². The van der Waals surface area contributed by atoms with Crippen LogP contribution in [-0.4, -0.2) is 67.6 Å². The third kappa shape index (κ3) is 12.5. The highest BCUT2D eigenvalue weighted by molar-refractivity contribution is 7.53. The molecule has 1 saturated heterocycles. The summed E-state index contributed by atoms with van der Waals surface area (Å²) in [5, 5.41) is 15.2. The minimum Gasteiger partial charge on any atom is -0.392 e. The maximum atomic E-state index is 13.4. The summed E-state index contributed by atoms with van der Waals surface area (Å²) in [4.78, 5) is 0. The van der Waals surface area contributed by atoms with Crippen molar-refractivity contribution in [2.45, 2.75) is 83.2 Å². The molecule has 1 aliphatic rings. The molecule has 9 nitrogen and oxygen atoms in total. The quantitative estimate of drug-likeness (QED) is 0.0810. The Labute approximate surface area is 302 Å². The van der Waals surface area contributed by atoms with Gasteiger partial charge in [-0.1, -0.05) is 121 Å². The predicted octanol–water partition coefficient (Wildman–Crippen LogP) is 7.32. The molecule has 51 heavy (non-hydrogen) atoms. The summed E-state index contributed by atoms with van der Waals surface area (Å²) in [5.74, 6) is 0. The Kier molecular flexibility index (Phi) is 15.9. The van der Waals surface area contributed by atoms with Gasteiger partial charge >= 0.3 is 7.60 Å². The first-order valence-corrected chi connectivity index (χ1v) is 19.6. The van der Waals surface area contributed by atoms with E-state index in [4.69, 9.17) is 28.0 Å². The molecule has 274 valence electrons. The summed E-state index contributed by atoms with van der Waals surface area (Å²) in [6.07, 6.45) is -2.34. The summed E-state index contributed by atoms with van der Waals surface area (Å²) in [6, 6.07) is 39.3. The standard InChI is InChI=1S/C41H52NO8P/c1-3-49-51(44,50-4-2)31-36(43)25-37-40(47-28-34-21-13-7-14-22-34)41(48-29-35-23-15-8-16-24-35)39(42-37)38(46-27-33-19-11-6-12-20-33)30-45-26-32-17-9-5-10-18-32/h5-24,36-43H,3-4,25-31H2,1-2H3/t36-,37-,38+,39-,40-,41-/m0/s1. The smallest absolute Gasteiger partial charge is 0.333 e. The highest BCUT2D eigenvalue weighted by atomic mass is 31.2. The molecule has 6 atom stereocenters. The Balaban J connectivity index is 1.43. The minimum atomic E-state index is -3.50. The lowest BCUT2D eigenvalue weighted by Crippen LogP contribution is -2.48. The number of rotatable bonds is 22. The summed E-state index contributed by atoms with van der Waals surface area (Å²) < 4.78 is 50.9. The van der Waals surface area contributed by atoms with E-state index < -0.39 is 32.0 Å².